The van der Waals surface area contributed by atoms with Crippen LogP contribution in [0.2, 0.25) is 0 Å². The highest BCUT2D eigenvalue weighted by atomic mass is 32.2. The summed E-state index contributed by atoms with van der Waals surface area (Å²) >= 11 is 1.06. The lowest BCUT2D eigenvalue weighted by molar-refractivity contribution is -0.146. The van der Waals surface area contributed by atoms with E-state index in [2.05, 4.69) is 0 Å². The number of carbonyl (C=O) groups is 1. The first-order chi connectivity index (χ1) is 11.4. The van der Waals surface area contributed by atoms with Gasteiger partial charge in [0.05, 0.1) is 18.1 Å². The van der Waals surface area contributed by atoms with E-state index in [4.69, 9.17) is 4.74 Å². The van der Waals surface area contributed by atoms with Crippen molar-refractivity contribution in [2.45, 2.75) is 56.0 Å². The third-order valence-electron chi connectivity index (χ3n) is 4.55. The van der Waals surface area contributed by atoms with Crippen LogP contribution >= 0.6 is 11.8 Å². The number of esters is 1. The van der Waals surface area contributed by atoms with Crippen molar-refractivity contribution in [3.63, 3.8) is 0 Å². The number of benzene rings is 1. The quantitative estimate of drug-likeness (QED) is 0.484. The Labute approximate surface area is 145 Å². The van der Waals surface area contributed by atoms with E-state index in [0.29, 0.717) is 17.9 Å². The molecule has 2 nitrogen and oxygen atoms in total. The SMILES string of the molecule is CCOC(=O)C(CC1CCCC1)c1ccc(SC)c(C(F)(F)F)c1. The van der Waals surface area contributed by atoms with Gasteiger partial charge in [0, 0.05) is 4.90 Å². The molecule has 1 unspecified atom stereocenters. The lowest BCUT2D eigenvalue weighted by Gasteiger charge is -2.21. The fraction of sp³-hybridized carbons (Fsp3) is 0.611. The van der Waals surface area contributed by atoms with E-state index in [9.17, 15) is 18.0 Å². The van der Waals surface area contributed by atoms with Crippen LogP contribution in [0, 0.1) is 5.92 Å². The molecule has 0 N–H and O–H groups in total. The number of alkyl halides is 3. The summed E-state index contributed by atoms with van der Waals surface area (Å²) in [7, 11) is 0. The van der Waals surface area contributed by atoms with Crippen LogP contribution in [0.1, 0.15) is 56.1 Å². The smallest absolute Gasteiger partial charge is 0.417 e. The number of rotatable bonds is 6. The van der Waals surface area contributed by atoms with Crippen molar-refractivity contribution in [3.05, 3.63) is 29.3 Å². The van der Waals surface area contributed by atoms with Crippen LogP contribution in [0.3, 0.4) is 0 Å². The molecule has 24 heavy (non-hydrogen) atoms. The van der Waals surface area contributed by atoms with Crippen molar-refractivity contribution in [2.75, 3.05) is 12.9 Å². The van der Waals surface area contributed by atoms with E-state index in [1.54, 1.807) is 19.2 Å². The lowest BCUT2D eigenvalue weighted by atomic mass is 9.87. The molecule has 0 spiro atoms. The Morgan fingerprint density at radius 1 is 1.33 bits per heavy atom. The van der Waals surface area contributed by atoms with Crippen LogP contribution < -0.4 is 0 Å². The normalized spacial score (nSPS) is 17.0. The molecule has 0 bridgehead atoms. The van der Waals surface area contributed by atoms with Crippen molar-refractivity contribution in [1.82, 2.24) is 0 Å². The Bertz CT molecular complexity index is 566. The van der Waals surface area contributed by atoms with E-state index in [-0.39, 0.29) is 11.5 Å². The number of thioether (sulfide) groups is 1. The Morgan fingerprint density at radius 2 is 2.00 bits per heavy atom. The van der Waals surface area contributed by atoms with Crippen LogP contribution in [0.5, 0.6) is 0 Å². The van der Waals surface area contributed by atoms with E-state index in [0.717, 1.165) is 43.5 Å². The van der Waals surface area contributed by atoms with Crippen LogP contribution in [0.4, 0.5) is 13.2 Å². The maximum atomic E-state index is 13.3. The fourth-order valence-electron chi connectivity index (χ4n) is 3.35. The fourth-order valence-corrected chi connectivity index (χ4v) is 3.95. The number of hydrogen-bond acceptors (Lipinski definition) is 3. The summed E-state index contributed by atoms with van der Waals surface area (Å²) in [5.74, 6) is -0.659. The van der Waals surface area contributed by atoms with Gasteiger partial charge in [-0.15, -0.1) is 11.8 Å². The van der Waals surface area contributed by atoms with Crippen LogP contribution in [-0.2, 0) is 15.7 Å². The van der Waals surface area contributed by atoms with E-state index < -0.39 is 23.6 Å². The number of ether oxygens (including phenoxy) is 1. The molecule has 0 radical (unpaired) electrons. The van der Waals surface area contributed by atoms with Crippen molar-refractivity contribution in [3.8, 4) is 0 Å². The predicted octanol–water partition coefficient (Wildman–Crippen LogP) is 5.65. The molecular weight excluding hydrogens is 337 g/mol. The molecule has 0 amide bonds. The van der Waals surface area contributed by atoms with Crippen molar-refractivity contribution < 1.29 is 22.7 Å². The molecule has 1 aromatic carbocycles. The third kappa shape index (κ3) is 4.68. The lowest BCUT2D eigenvalue weighted by Crippen LogP contribution is -2.19. The average molecular weight is 360 g/mol. The summed E-state index contributed by atoms with van der Waals surface area (Å²) < 4.78 is 45.0. The first-order valence-electron chi connectivity index (χ1n) is 8.28. The standard InChI is InChI=1S/C18H23F3O2S/c1-3-23-17(22)14(10-12-6-4-5-7-12)13-8-9-16(24-2)15(11-13)18(19,20)21/h8-9,11-12,14H,3-7,10H2,1-2H3. The Kier molecular flexibility index (Phi) is 6.61. The van der Waals surface area contributed by atoms with Gasteiger partial charge in [-0.2, -0.15) is 13.2 Å². The molecule has 6 heteroatoms. The van der Waals surface area contributed by atoms with E-state index in [1.807, 2.05) is 0 Å². The van der Waals surface area contributed by atoms with Crippen LogP contribution in [0.15, 0.2) is 23.1 Å². The molecule has 1 saturated carbocycles. The van der Waals surface area contributed by atoms with Gasteiger partial charge in [-0.1, -0.05) is 31.7 Å². The highest BCUT2D eigenvalue weighted by molar-refractivity contribution is 7.98. The summed E-state index contributed by atoms with van der Waals surface area (Å²) in [5, 5.41) is 0. The van der Waals surface area contributed by atoms with E-state index >= 15 is 0 Å². The van der Waals surface area contributed by atoms with Crippen LogP contribution in [-0.4, -0.2) is 18.8 Å². The maximum absolute atomic E-state index is 13.3. The second-order valence-electron chi connectivity index (χ2n) is 6.15. The van der Waals surface area contributed by atoms with Crippen LogP contribution in [0.25, 0.3) is 0 Å². The minimum atomic E-state index is -4.43. The van der Waals surface area contributed by atoms with Gasteiger partial charge >= 0.3 is 12.1 Å². The Morgan fingerprint density at radius 3 is 2.54 bits per heavy atom. The van der Waals surface area contributed by atoms with Crippen molar-refractivity contribution in [2.24, 2.45) is 5.92 Å². The van der Waals surface area contributed by atoms with Gasteiger partial charge in [0.15, 0.2) is 0 Å². The van der Waals surface area contributed by atoms with Gasteiger partial charge in [-0.05, 0) is 43.2 Å². The molecule has 0 aromatic heterocycles. The van der Waals surface area contributed by atoms with Crippen molar-refractivity contribution >= 4 is 17.7 Å². The van der Waals surface area contributed by atoms with Gasteiger partial charge in [0.2, 0.25) is 0 Å². The van der Waals surface area contributed by atoms with Gasteiger partial charge in [-0.3, -0.25) is 4.79 Å². The highest BCUT2D eigenvalue weighted by Crippen LogP contribution is 2.40. The zero-order valence-electron chi connectivity index (χ0n) is 14.0. The molecule has 0 saturated heterocycles. The molecule has 1 aliphatic rings. The second kappa shape index (κ2) is 8.28. The molecule has 134 valence electrons. The minimum Gasteiger partial charge on any atom is -0.466 e. The van der Waals surface area contributed by atoms with Gasteiger partial charge < -0.3 is 4.74 Å². The summed E-state index contributed by atoms with van der Waals surface area (Å²) in [4.78, 5) is 12.5. The zero-order chi connectivity index (χ0) is 17.7. The van der Waals surface area contributed by atoms with Crippen molar-refractivity contribution in [1.29, 1.82) is 0 Å². The zero-order valence-corrected chi connectivity index (χ0v) is 14.8. The number of hydrogen-bond donors (Lipinski definition) is 0. The summed E-state index contributed by atoms with van der Waals surface area (Å²) in [5.41, 5.74) is -0.265. The predicted molar refractivity (Wildman–Crippen MR) is 89.2 cm³/mol. The van der Waals surface area contributed by atoms with E-state index in [1.165, 1.54) is 6.07 Å². The topological polar surface area (TPSA) is 26.3 Å². The maximum Gasteiger partial charge on any atom is 0.417 e. The molecule has 1 fully saturated rings. The van der Waals surface area contributed by atoms with Gasteiger partial charge in [0.25, 0.3) is 0 Å². The summed E-state index contributed by atoms with van der Waals surface area (Å²) in [6.07, 6.45) is 2.07. The Hall–Kier alpha value is -1.17. The minimum absolute atomic E-state index is 0.176. The largest absolute Gasteiger partial charge is 0.466 e. The molecule has 1 aliphatic carbocycles. The molecule has 0 heterocycles. The first-order valence-corrected chi connectivity index (χ1v) is 9.51. The first kappa shape index (κ1) is 19.2. The highest BCUT2D eigenvalue weighted by Gasteiger charge is 2.35. The number of halogens is 3. The molecule has 0 aliphatic heterocycles. The van der Waals surface area contributed by atoms with Gasteiger partial charge in [0.1, 0.15) is 0 Å². The molecular formula is C18H23F3O2S. The average Bonchev–Trinajstić information content (AvgIpc) is 3.04. The monoisotopic (exact) mass is 360 g/mol. The third-order valence-corrected chi connectivity index (χ3v) is 5.34. The summed E-state index contributed by atoms with van der Waals surface area (Å²) in [6.45, 7) is 1.94. The number of carbonyl (C=O) groups excluding carboxylic acids is 1. The second-order valence-corrected chi connectivity index (χ2v) is 7.00. The molecule has 1 aromatic rings. The summed E-state index contributed by atoms with van der Waals surface area (Å²) in [6, 6.07) is 4.23. The Balaban J connectivity index is 2.35. The molecule has 1 atom stereocenters. The van der Waals surface area contributed by atoms with Gasteiger partial charge in [-0.25, -0.2) is 0 Å². The molecule has 2 rings (SSSR count).